The van der Waals surface area contributed by atoms with E-state index >= 15 is 0 Å². The summed E-state index contributed by atoms with van der Waals surface area (Å²) in [6.07, 6.45) is -0.311. The Balaban J connectivity index is 1.50. The predicted molar refractivity (Wildman–Crippen MR) is 116 cm³/mol. The molecule has 0 radical (unpaired) electrons. The van der Waals surface area contributed by atoms with Crippen molar-refractivity contribution in [2.45, 2.75) is 20.0 Å². The van der Waals surface area contributed by atoms with E-state index in [4.69, 9.17) is 25.9 Å². The van der Waals surface area contributed by atoms with Crippen LogP contribution in [0.1, 0.15) is 29.1 Å². The van der Waals surface area contributed by atoms with Crippen molar-refractivity contribution >= 4 is 40.3 Å². The van der Waals surface area contributed by atoms with Crippen LogP contribution in [0.5, 0.6) is 5.75 Å². The third kappa shape index (κ3) is 6.04. The van der Waals surface area contributed by atoms with Gasteiger partial charge >= 0.3 is 0 Å². The molecule has 0 bridgehead atoms. The highest BCUT2D eigenvalue weighted by Gasteiger charge is 2.25. The first-order valence-corrected chi connectivity index (χ1v) is 10.7. The Kier molecular flexibility index (Phi) is 7.84. The molecule has 3 rings (SSSR count). The summed E-state index contributed by atoms with van der Waals surface area (Å²) in [5, 5.41) is 6.44. The molecule has 0 saturated carbocycles. The maximum atomic E-state index is 12.4. The van der Waals surface area contributed by atoms with Crippen LogP contribution in [0.25, 0.3) is 0 Å². The molecule has 1 aliphatic heterocycles. The van der Waals surface area contributed by atoms with Crippen LogP contribution in [0, 0.1) is 0 Å². The fraction of sp³-hybridized carbons (Fsp3) is 0.381. The Morgan fingerprint density at radius 2 is 2.17 bits per heavy atom. The van der Waals surface area contributed by atoms with Crippen LogP contribution in [0.3, 0.4) is 0 Å². The topological polar surface area (TPSA) is 77.4 Å². The van der Waals surface area contributed by atoms with Crippen molar-refractivity contribution in [1.82, 2.24) is 4.90 Å². The lowest BCUT2D eigenvalue weighted by Gasteiger charge is -2.32. The van der Waals surface area contributed by atoms with Gasteiger partial charge < -0.3 is 19.2 Å². The van der Waals surface area contributed by atoms with Crippen LogP contribution in [0.4, 0.5) is 0 Å². The third-order valence-corrected chi connectivity index (χ3v) is 5.72. The largest absolute Gasteiger partial charge is 0.490 e. The molecule has 2 heterocycles. The van der Waals surface area contributed by atoms with E-state index in [2.05, 4.69) is 5.16 Å². The summed E-state index contributed by atoms with van der Waals surface area (Å²) in [5.41, 5.74) is 1.15. The van der Waals surface area contributed by atoms with Crippen LogP contribution in [0.2, 0.25) is 5.02 Å². The molecule has 1 unspecified atom stereocenters. The number of benzene rings is 1. The maximum absolute atomic E-state index is 12.4. The molecule has 1 atom stereocenters. The number of carbonyl (C=O) groups is 2. The van der Waals surface area contributed by atoms with E-state index in [0.717, 1.165) is 10.6 Å². The van der Waals surface area contributed by atoms with Crippen molar-refractivity contribution in [2.75, 3.05) is 32.9 Å². The Bertz CT molecular complexity index is 916. The minimum Gasteiger partial charge on any atom is -0.490 e. The molecule has 2 aromatic rings. The molecule has 30 heavy (non-hydrogen) atoms. The summed E-state index contributed by atoms with van der Waals surface area (Å²) in [7, 11) is 0. The molecule has 1 aliphatic rings. The van der Waals surface area contributed by atoms with Gasteiger partial charge in [-0.2, -0.15) is 0 Å². The van der Waals surface area contributed by atoms with Gasteiger partial charge in [0.2, 0.25) is 0 Å². The van der Waals surface area contributed by atoms with Crippen LogP contribution in [-0.2, 0) is 14.4 Å². The van der Waals surface area contributed by atoms with E-state index in [1.165, 1.54) is 6.92 Å². The van der Waals surface area contributed by atoms with Gasteiger partial charge in [0.1, 0.15) is 18.5 Å². The lowest BCUT2D eigenvalue weighted by molar-refractivity contribution is -0.144. The highest BCUT2D eigenvalue weighted by molar-refractivity contribution is 7.12. The quantitative estimate of drug-likeness (QED) is 0.348. The van der Waals surface area contributed by atoms with Crippen molar-refractivity contribution < 1.29 is 23.9 Å². The second-order valence-corrected chi connectivity index (χ2v) is 8.15. The van der Waals surface area contributed by atoms with Crippen LogP contribution >= 0.6 is 22.9 Å². The van der Waals surface area contributed by atoms with Crippen LogP contribution < -0.4 is 4.74 Å². The van der Waals surface area contributed by atoms with E-state index < -0.39 is 0 Å². The molecule has 160 valence electrons. The van der Waals surface area contributed by atoms with Gasteiger partial charge in [-0.1, -0.05) is 22.8 Å². The average Bonchev–Trinajstić information content (AvgIpc) is 3.28. The number of Topliss-reactive ketones (excluding diaryl/α,β-unsaturated/α-hetero) is 1. The van der Waals surface area contributed by atoms with Gasteiger partial charge in [0.15, 0.2) is 12.4 Å². The van der Waals surface area contributed by atoms with Gasteiger partial charge in [-0.05, 0) is 43.5 Å². The number of ketones is 1. The molecule has 1 fully saturated rings. The van der Waals surface area contributed by atoms with Crippen molar-refractivity contribution in [3.05, 3.63) is 51.2 Å². The molecule has 1 aromatic heterocycles. The highest BCUT2D eigenvalue weighted by atomic mass is 35.5. The first kappa shape index (κ1) is 22.3. The fourth-order valence-corrected chi connectivity index (χ4v) is 3.78. The smallest absolute Gasteiger partial charge is 0.263 e. The fourth-order valence-electron chi connectivity index (χ4n) is 2.94. The molecule has 0 N–H and O–H groups in total. The lowest BCUT2D eigenvalue weighted by atomic mass is 10.1. The van der Waals surface area contributed by atoms with Crippen molar-refractivity contribution in [3.63, 3.8) is 0 Å². The summed E-state index contributed by atoms with van der Waals surface area (Å²) in [6, 6.07) is 8.78. The second kappa shape index (κ2) is 10.6. The molecule has 0 aliphatic carbocycles. The van der Waals surface area contributed by atoms with Gasteiger partial charge in [0, 0.05) is 11.6 Å². The summed E-state index contributed by atoms with van der Waals surface area (Å²) in [6.45, 7) is 4.62. The predicted octanol–water partition coefficient (Wildman–Crippen LogP) is 3.65. The number of hydrogen-bond donors (Lipinski definition) is 0. The number of thiophene rings is 1. The SMILES string of the molecule is CC(=O)c1cc(Cl)ccc1OCC1CN(C(=O)CO/N=C(/C)c2cccs2)CCO1. The number of rotatable bonds is 8. The highest BCUT2D eigenvalue weighted by Crippen LogP contribution is 2.24. The van der Waals surface area contributed by atoms with Gasteiger partial charge in [-0.25, -0.2) is 0 Å². The number of hydrogen-bond acceptors (Lipinski definition) is 7. The van der Waals surface area contributed by atoms with Gasteiger partial charge in [-0.15, -0.1) is 11.3 Å². The number of amides is 1. The van der Waals surface area contributed by atoms with Crippen molar-refractivity contribution in [1.29, 1.82) is 0 Å². The Morgan fingerprint density at radius 3 is 2.90 bits per heavy atom. The number of morpholine rings is 1. The standard InChI is InChI=1S/C21H23ClN2O5S/c1-14(20-4-3-9-30-20)23-29-13-21(26)24-7-8-27-17(11-24)12-28-19-6-5-16(22)10-18(19)15(2)25/h3-6,9-10,17H,7-8,11-13H2,1-2H3/b23-14-. The van der Waals surface area contributed by atoms with E-state index in [1.54, 1.807) is 34.4 Å². The third-order valence-electron chi connectivity index (χ3n) is 4.50. The lowest BCUT2D eigenvalue weighted by Crippen LogP contribution is -2.48. The monoisotopic (exact) mass is 450 g/mol. The zero-order valence-corrected chi connectivity index (χ0v) is 18.4. The van der Waals surface area contributed by atoms with E-state index in [9.17, 15) is 9.59 Å². The molecule has 7 nitrogen and oxygen atoms in total. The number of carbonyl (C=O) groups excluding carboxylic acids is 2. The number of halogens is 1. The second-order valence-electron chi connectivity index (χ2n) is 6.77. The van der Waals surface area contributed by atoms with Crippen molar-refractivity contribution in [2.24, 2.45) is 5.16 Å². The van der Waals surface area contributed by atoms with E-state index in [0.29, 0.717) is 36.0 Å². The Morgan fingerprint density at radius 1 is 1.33 bits per heavy atom. The number of ether oxygens (including phenoxy) is 2. The summed E-state index contributed by atoms with van der Waals surface area (Å²) >= 11 is 7.52. The molecule has 1 aromatic carbocycles. The van der Waals surface area contributed by atoms with Crippen molar-refractivity contribution in [3.8, 4) is 5.75 Å². The van der Waals surface area contributed by atoms with E-state index in [-0.39, 0.29) is 31.0 Å². The van der Waals surface area contributed by atoms with Crippen LogP contribution in [0.15, 0.2) is 40.9 Å². The summed E-state index contributed by atoms with van der Waals surface area (Å²) in [4.78, 5) is 32.1. The summed E-state index contributed by atoms with van der Waals surface area (Å²) < 4.78 is 11.5. The first-order chi connectivity index (χ1) is 14.4. The minimum atomic E-state index is -0.311. The molecular formula is C21H23ClN2O5S. The number of nitrogens with zero attached hydrogens (tertiary/aromatic N) is 2. The normalized spacial score (nSPS) is 17.0. The zero-order chi connectivity index (χ0) is 21.5. The Hall–Kier alpha value is -2.42. The first-order valence-electron chi connectivity index (χ1n) is 9.47. The zero-order valence-electron chi connectivity index (χ0n) is 16.8. The number of oxime groups is 1. The van der Waals surface area contributed by atoms with Gasteiger partial charge in [-0.3, -0.25) is 9.59 Å². The van der Waals surface area contributed by atoms with Crippen LogP contribution in [-0.4, -0.2) is 61.3 Å². The molecular weight excluding hydrogens is 428 g/mol. The van der Waals surface area contributed by atoms with E-state index in [1.807, 2.05) is 24.4 Å². The molecule has 1 amide bonds. The molecule has 9 heteroatoms. The molecule has 1 saturated heterocycles. The summed E-state index contributed by atoms with van der Waals surface area (Å²) in [5.74, 6) is 0.145. The maximum Gasteiger partial charge on any atom is 0.263 e. The molecule has 0 spiro atoms. The van der Waals surface area contributed by atoms with Gasteiger partial charge in [0.25, 0.3) is 5.91 Å². The van der Waals surface area contributed by atoms with Gasteiger partial charge in [0.05, 0.1) is 29.3 Å². The Labute approximate surface area is 184 Å². The minimum absolute atomic E-state index is 0.135. The average molecular weight is 451 g/mol.